The van der Waals surface area contributed by atoms with E-state index in [1.54, 1.807) is 7.11 Å². The molecular weight excluding hydrogens is 272 g/mol. The maximum absolute atomic E-state index is 11.8. The highest BCUT2D eigenvalue weighted by atomic mass is 16.5. The summed E-state index contributed by atoms with van der Waals surface area (Å²) in [6, 6.07) is 0.419. The summed E-state index contributed by atoms with van der Waals surface area (Å²) in [7, 11) is 1.64. The van der Waals surface area contributed by atoms with Gasteiger partial charge in [0.1, 0.15) is 0 Å². The van der Waals surface area contributed by atoms with Gasteiger partial charge in [-0.3, -0.25) is 4.79 Å². The number of hydrogen-bond donors (Lipinski definition) is 1. The summed E-state index contributed by atoms with van der Waals surface area (Å²) < 4.78 is 10.6. The first-order valence-electron chi connectivity index (χ1n) is 7.24. The van der Waals surface area contributed by atoms with E-state index in [-0.39, 0.29) is 17.2 Å². The van der Waals surface area contributed by atoms with Gasteiger partial charge in [0.05, 0.1) is 6.61 Å². The monoisotopic (exact) mass is 296 g/mol. The Morgan fingerprint density at radius 1 is 1.43 bits per heavy atom. The van der Waals surface area contributed by atoms with Crippen LogP contribution in [0.3, 0.4) is 0 Å². The van der Waals surface area contributed by atoms with Gasteiger partial charge in [-0.1, -0.05) is 25.9 Å². The number of aromatic nitrogens is 2. The van der Waals surface area contributed by atoms with E-state index in [1.165, 1.54) is 0 Å². The lowest BCUT2D eigenvalue weighted by Crippen LogP contribution is -2.29. The Morgan fingerprint density at radius 3 is 2.81 bits per heavy atom. The zero-order valence-corrected chi connectivity index (χ0v) is 13.2. The minimum absolute atomic E-state index is 0.160. The molecule has 0 aromatic carbocycles. The third-order valence-corrected chi connectivity index (χ3v) is 3.47. The maximum Gasteiger partial charge on any atom is 0.315 e. The van der Waals surface area contributed by atoms with E-state index in [0.29, 0.717) is 38.0 Å². The smallest absolute Gasteiger partial charge is 0.315 e. The van der Waals surface area contributed by atoms with Gasteiger partial charge in [0.25, 0.3) is 0 Å². The first-order chi connectivity index (χ1) is 9.90. The molecule has 0 spiro atoms. The zero-order valence-electron chi connectivity index (χ0n) is 13.2. The lowest BCUT2D eigenvalue weighted by Gasteiger charge is -2.15. The van der Waals surface area contributed by atoms with Gasteiger partial charge in [0, 0.05) is 44.5 Å². The molecule has 1 aromatic heterocycles. The summed E-state index contributed by atoms with van der Waals surface area (Å²) in [5.74, 6) is 1.05. The molecule has 0 bridgehead atoms. The van der Waals surface area contributed by atoms with Crippen molar-refractivity contribution in [1.82, 2.24) is 15.1 Å². The number of carbonyl (C=O) groups is 1. The average molecular weight is 296 g/mol. The summed E-state index contributed by atoms with van der Waals surface area (Å²) in [5, 5.41) is 11.1. The fourth-order valence-electron chi connectivity index (χ4n) is 2.24. The van der Waals surface area contributed by atoms with Crippen molar-refractivity contribution in [2.45, 2.75) is 32.6 Å². The normalized spacial score (nSPS) is 19.3. The Kier molecular flexibility index (Phi) is 4.82. The third kappa shape index (κ3) is 4.17. The zero-order chi connectivity index (χ0) is 15.5. The van der Waals surface area contributed by atoms with Crippen molar-refractivity contribution in [3.63, 3.8) is 0 Å². The van der Waals surface area contributed by atoms with Gasteiger partial charge >= 0.3 is 6.01 Å². The van der Waals surface area contributed by atoms with Crippen LogP contribution in [0, 0.1) is 5.92 Å². The van der Waals surface area contributed by atoms with Gasteiger partial charge in [0.2, 0.25) is 11.8 Å². The van der Waals surface area contributed by atoms with Crippen molar-refractivity contribution in [2.24, 2.45) is 5.92 Å². The second-order valence-corrected chi connectivity index (χ2v) is 6.45. The molecule has 1 N–H and O–H groups in total. The van der Waals surface area contributed by atoms with Crippen LogP contribution in [0.5, 0.6) is 0 Å². The molecule has 0 saturated carbocycles. The van der Waals surface area contributed by atoms with E-state index in [1.807, 2.05) is 25.7 Å². The van der Waals surface area contributed by atoms with Crippen molar-refractivity contribution < 1.29 is 13.9 Å². The van der Waals surface area contributed by atoms with Gasteiger partial charge in [-0.2, -0.15) is 0 Å². The van der Waals surface area contributed by atoms with Crippen molar-refractivity contribution >= 4 is 11.9 Å². The number of nitrogens with one attached hydrogen (secondary N) is 1. The number of nitrogens with zero attached hydrogens (tertiary/aromatic N) is 3. The molecule has 21 heavy (non-hydrogen) atoms. The third-order valence-electron chi connectivity index (χ3n) is 3.47. The number of methoxy groups -OCH3 is 1. The fourth-order valence-corrected chi connectivity index (χ4v) is 2.24. The van der Waals surface area contributed by atoms with Crippen LogP contribution in [0.25, 0.3) is 0 Å². The van der Waals surface area contributed by atoms with E-state index in [0.717, 1.165) is 6.54 Å². The van der Waals surface area contributed by atoms with Gasteiger partial charge in [0.15, 0.2) is 0 Å². The molecule has 1 unspecified atom stereocenters. The Morgan fingerprint density at radius 2 is 2.19 bits per heavy atom. The molecule has 1 amide bonds. The quantitative estimate of drug-likeness (QED) is 0.851. The maximum atomic E-state index is 11.8. The minimum atomic E-state index is -0.160. The predicted octanol–water partition coefficient (Wildman–Crippen LogP) is 1.27. The number of rotatable bonds is 6. The second kappa shape index (κ2) is 6.43. The summed E-state index contributed by atoms with van der Waals surface area (Å²) in [4.78, 5) is 13.7. The standard InChI is InChI=1S/C14H24N4O3/c1-14(2,3)12-16-17-13(21-12)15-8-10-7-11(19)18(9-10)5-6-20-4/h10H,5-9H2,1-4H3,(H,15,17). The molecule has 1 aliphatic rings. The van der Waals surface area contributed by atoms with Crippen LogP contribution in [-0.4, -0.2) is 54.4 Å². The number of hydrogen-bond acceptors (Lipinski definition) is 6. The summed E-state index contributed by atoms with van der Waals surface area (Å²) >= 11 is 0. The Bertz CT molecular complexity index is 481. The molecule has 0 aliphatic carbocycles. The van der Waals surface area contributed by atoms with Gasteiger partial charge in [-0.05, 0) is 0 Å². The van der Waals surface area contributed by atoms with Crippen LogP contribution < -0.4 is 5.32 Å². The highest BCUT2D eigenvalue weighted by Crippen LogP contribution is 2.23. The van der Waals surface area contributed by atoms with Crippen LogP contribution >= 0.6 is 0 Å². The van der Waals surface area contributed by atoms with Crippen LogP contribution in [0.15, 0.2) is 4.42 Å². The Labute approximate surface area is 125 Å². The van der Waals surface area contributed by atoms with Crippen LogP contribution in [0.1, 0.15) is 33.1 Å². The van der Waals surface area contributed by atoms with Gasteiger partial charge in [-0.25, -0.2) is 0 Å². The topological polar surface area (TPSA) is 80.5 Å². The first kappa shape index (κ1) is 15.8. The Balaban J connectivity index is 1.81. The van der Waals surface area contributed by atoms with Crippen LogP contribution in [0.4, 0.5) is 6.01 Å². The molecule has 2 rings (SSSR count). The molecule has 1 atom stereocenters. The molecule has 0 radical (unpaired) electrons. The van der Waals surface area contributed by atoms with E-state index < -0.39 is 0 Å². The second-order valence-electron chi connectivity index (χ2n) is 6.45. The van der Waals surface area contributed by atoms with Crippen LogP contribution in [0.2, 0.25) is 0 Å². The number of carbonyl (C=O) groups excluding carboxylic acids is 1. The fraction of sp³-hybridized carbons (Fsp3) is 0.786. The van der Waals surface area contributed by atoms with Gasteiger partial charge < -0.3 is 19.4 Å². The summed E-state index contributed by atoms with van der Waals surface area (Å²) in [6.07, 6.45) is 0.553. The van der Waals surface area contributed by atoms with Crippen molar-refractivity contribution in [1.29, 1.82) is 0 Å². The van der Waals surface area contributed by atoms with Crippen LogP contribution in [-0.2, 0) is 14.9 Å². The van der Waals surface area contributed by atoms with E-state index in [2.05, 4.69) is 15.5 Å². The molecule has 7 nitrogen and oxygen atoms in total. The largest absolute Gasteiger partial charge is 0.408 e. The number of anilines is 1. The van der Waals surface area contributed by atoms with Gasteiger partial charge in [-0.15, -0.1) is 5.10 Å². The molecular formula is C14H24N4O3. The number of likely N-dealkylation sites (tertiary alicyclic amines) is 1. The molecule has 1 aromatic rings. The number of ether oxygens (including phenoxy) is 1. The molecule has 1 fully saturated rings. The summed E-state index contributed by atoms with van der Waals surface area (Å²) in [6.45, 7) is 8.69. The molecule has 1 aliphatic heterocycles. The molecule has 7 heteroatoms. The van der Waals surface area contributed by atoms with Crippen molar-refractivity contribution in [3.05, 3.63) is 5.89 Å². The molecule has 1 saturated heterocycles. The van der Waals surface area contributed by atoms with Crippen molar-refractivity contribution in [2.75, 3.05) is 38.7 Å². The van der Waals surface area contributed by atoms with E-state index in [4.69, 9.17) is 9.15 Å². The predicted molar refractivity (Wildman–Crippen MR) is 78.1 cm³/mol. The lowest BCUT2D eigenvalue weighted by atomic mass is 9.97. The average Bonchev–Trinajstić information content (AvgIpc) is 3.00. The minimum Gasteiger partial charge on any atom is -0.408 e. The first-order valence-corrected chi connectivity index (χ1v) is 7.24. The van der Waals surface area contributed by atoms with E-state index in [9.17, 15) is 4.79 Å². The summed E-state index contributed by atoms with van der Waals surface area (Å²) in [5.41, 5.74) is -0.160. The highest BCUT2D eigenvalue weighted by molar-refractivity contribution is 5.78. The van der Waals surface area contributed by atoms with E-state index >= 15 is 0 Å². The number of amides is 1. The molecule has 2 heterocycles. The molecule has 118 valence electrons. The van der Waals surface area contributed by atoms with Crippen molar-refractivity contribution in [3.8, 4) is 0 Å². The lowest BCUT2D eigenvalue weighted by molar-refractivity contribution is -0.128. The SMILES string of the molecule is COCCN1CC(CNc2nnc(C(C)(C)C)o2)CC1=O. The Hall–Kier alpha value is -1.63. The highest BCUT2D eigenvalue weighted by Gasteiger charge is 2.29.